The van der Waals surface area contributed by atoms with E-state index in [2.05, 4.69) is 10.6 Å². The van der Waals surface area contributed by atoms with E-state index >= 15 is 0 Å². The van der Waals surface area contributed by atoms with Crippen molar-refractivity contribution < 1.29 is 18.7 Å². The van der Waals surface area contributed by atoms with Gasteiger partial charge in [0.05, 0.1) is 12.8 Å². The molecule has 2 N–H and O–H groups in total. The fraction of sp³-hybridized carbons (Fsp3) is 0.222. The number of thiocarbonyl (C=S) groups is 1. The van der Waals surface area contributed by atoms with Crippen molar-refractivity contribution in [2.24, 2.45) is 5.92 Å². The SMILES string of the molecule is COC(=O)C(C(C)C)N1Cc2cc(-c3ccc(NC(=S)Nc4ccccc4F)cc3)ccc2C1=O. The number of fused-ring (bicyclic) bond motifs is 1. The molecule has 1 atom stereocenters. The normalized spacial score (nSPS) is 13.4. The lowest BCUT2D eigenvalue weighted by Crippen LogP contribution is -2.45. The number of esters is 1. The number of hydrogen-bond donors (Lipinski definition) is 2. The Morgan fingerprint density at radius 1 is 1.03 bits per heavy atom. The lowest BCUT2D eigenvalue weighted by Gasteiger charge is -2.28. The van der Waals surface area contributed by atoms with Crippen molar-refractivity contribution in [2.45, 2.75) is 26.4 Å². The average molecular weight is 492 g/mol. The molecule has 0 saturated carbocycles. The van der Waals surface area contributed by atoms with Crippen molar-refractivity contribution in [2.75, 3.05) is 17.7 Å². The molecule has 0 aromatic heterocycles. The molecule has 3 aromatic carbocycles. The molecule has 1 aliphatic rings. The quantitative estimate of drug-likeness (QED) is 0.353. The van der Waals surface area contributed by atoms with Gasteiger partial charge < -0.3 is 20.3 Å². The van der Waals surface area contributed by atoms with Gasteiger partial charge >= 0.3 is 5.97 Å². The van der Waals surface area contributed by atoms with E-state index in [1.165, 1.54) is 13.2 Å². The van der Waals surface area contributed by atoms with Crippen LogP contribution in [-0.2, 0) is 16.1 Å². The molecule has 0 aliphatic carbocycles. The molecule has 0 spiro atoms. The maximum Gasteiger partial charge on any atom is 0.328 e. The fourth-order valence-corrected chi connectivity index (χ4v) is 4.45. The molecule has 3 aromatic rings. The summed E-state index contributed by atoms with van der Waals surface area (Å²) in [5.74, 6) is -1.02. The first-order valence-electron chi connectivity index (χ1n) is 11.2. The topological polar surface area (TPSA) is 70.7 Å². The van der Waals surface area contributed by atoms with Gasteiger partial charge in [0.1, 0.15) is 11.9 Å². The van der Waals surface area contributed by atoms with E-state index in [-0.39, 0.29) is 22.8 Å². The monoisotopic (exact) mass is 491 g/mol. The molecule has 1 unspecified atom stereocenters. The minimum absolute atomic E-state index is 0.0702. The Bertz CT molecular complexity index is 1280. The minimum atomic E-state index is -0.629. The molecule has 0 bridgehead atoms. The number of anilines is 2. The van der Waals surface area contributed by atoms with Gasteiger partial charge in [-0.3, -0.25) is 4.79 Å². The van der Waals surface area contributed by atoms with Crippen LogP contribution in [0.1, 0.15) is 29.8 Å². The molecule has 1 aliphatic heterocycles. The van der Waals surface area contributed by atoms with Crippen molar-refractivity contribution in [3.8, 4) is 11.1 Å². The van der Waals surface area contributed by atoms with E-state index in [1.54, 1.807) is 29.2 Å². The van der Waals surface area contributed by atoms with E-state index in [0.29, 0.717) is 17.8 Å². The fourth-order valence-electron chi connectivity index (χ4n) is 4.22. The van der Waals surface area contributed by atoms with Crippen LogP contribution in [0.5, 0.6) is 0 Å². The lowest BCUT2D eigenvalue weighted by atomic mass is 10.0. The molecule has 0 fully saturated rings. The number of rotatable bonds is 6. The van der Waals surface area contributed by atoms with Crippen molar-refractivity contribution in [3.05, 3.63) is 83.7 Å². The van der Waals surface area contributed by atoms with Crippen LogP contribution in [0.3, 0.4) is 0 Å². The van der Waals surface area contributed by atoms with Crippen molar-refractivity contribution in [1.29, 1.82) is 0 Å². The summed E-state index contributed by atoms with van der Waals surface area (Å²) >= 11 is 5.29. The zero-order chi connectivity index (χ0) is 25.1. The van der Waals surface area contributed by atoms with E-state index in [4.69, 9.17) is 17.0 Å². The number of carbonyl (C=O) groups excluding carboxylic acids is 2. The van der Waals surface area contributed by atoms with E-state index in [9.17, 15) is 14.0 Å². The summed E-state index contributed by atoms with van der Waals surface area (Å²) in [4.78, 5) is 26.9. The smallest absolute Gasteiger partial charge is 0.328 e. The van der Waals surface area contributed by atoms with Crippen LogP contribution in [0.25, 0.3) is 11.1 Å². The molecule has 0 saturated heterocycles. The van der Waals surface area contributed by atoms with Crippen molar-refractivity contribution in [3.63, 3.8) is 0 Å². The lowest BCUT2D eigenvalue weighted by molar-refractivity contribution is -0.147. The van der Waals surface area contributed by atoms with E-state index < -0.39 is 12.0 Å². The second-order valence-corrected chi connectivity index (χ2v) is 9.06. The highest BCUT2D eigenvalue weighted by molar-refractivity contribution is 7.80. The van der Waals surface area contributed by atoms with Gasteiger partial charge in [-0.25, -0.2) is 9.18 Å². The Morgan fingerprint density at radius 2 is 1.71 bits per heavy atom. The number of ether oxygens (including phenoxy) is 1. The highest BCUT2D eigenvalue weighted by Crippen LogP contribution is 2.32. The van der Waals surface area contributed by atoms with Crippen LogP contribution in [-0.4, -0.2) is 35.0 Å². The highest BCUT2D eigenvalue weighted by Gasteiger charge is 2.38. The van der Waals surface area contributed by atoms with Crippen LogP contribution < -0.4 is 10.6 Å². The Morgan fingerprint density at radius 3 is 2.37 bits per heavy atom. The number of nitrogens with one attached hydrogen (secondary N) is 2. The first kappa shape index (κ1) is 24.3. The Balaban J connectivity index is 1.47. The standard InChI is InChI=1S/C27H26FN3O3S/c1-16(2)24(26(33)34-3)31-15-19-14-18(10-13-21(19)25(31)32)17-8-11-20(12-9-17)29-27(35)30-23-7-5-4-6-22(23)28/h4-14,16,24H,15H2,1-3H3,(H2,29,30,35). The Kier molecular flexibility index (Phi) is 7.12. The summed E-state index contributed by atoms with van der Waals surface area (Å²) in [6, 6.07) is 19.0. The number of para-hydroxylation sites is 1. The molecule has 1 heterocycles. The number of hydrogen-bond acceptors (Lipinski definition) is 4. The molecule has 1 amide bonds. The molecular weight excluding hydrogens is 465 g/mol. The number of methoxy groups -OCH3 is 1. The third-order valence-electron chi connectivity index (χ3n) is 5.95. The van der Waals surface area contributed by atoms with Gasteiger partial charge in [0.2, 0.25) is 0 Å². The Labute approximate surface area is 209 Å². The average Bonchev–Trinajstić information content (AvgIpc) is 3.16. The van der Waals surface area contributed by atoms with Gasteiger partial charge in [-0.05, 0) is 71.2 Å². The van der Waals surface area contributed by atoms with Crippen molar-refractivity contribution >= 4 is 40.6 Å². The summed E-state index contributed by atoms with van der Waals surface area (Å²) in [5.41, 5.74) is 4.45. The van der Waals surface area contributed by atoms with Gasteiger partial charge in [-0.2, -0.15) is 0 Å². The van der Waals surface area contributed by atoms with Gasteiger partial charge in [0, 0.05) is 17.8 Å². The Hall–Kier alpha value is -3.78. The first-order chi connectivity index (χ1) is 16.8. The third kappa shape index (κ3) is 5.17. The molecule has 0 radical (unpaired) electrons. The maximum absolute atomic E-state index is 13.8. The summed E-state index contributed by atoms with van der Waals surface area (Å²) in [5, 5.41) is 6.18. The van der Waals surface area contributed by atoms with Gasteiger partial charge in [0.25, 0.3) is 5.91 Å². The molecule has 180 valence electrons. The van der Waals surface area contributed by atoms with E-state index in [0.717, 1.165) is 22.4 Å². The predicted octanol–water partition coefficient (Wildman–Crippen LogP) is 5.46. The third-order valence-corrected chi connectivity index (χ3v) is 6.15. The number of nitrogens with zero attached hydrogens (tertiary/aromatic N) is 1. The van der Waals surface area contributed by atoms with Crippen LogP contribution in [0.4, 0.5) is 15.8 Å². The predicted molar refractivity (Wildman–Crippen MR) is 139 cm³/mol. The minimum Gasteiger partial charge on any atom is -0.467 e. The van der Waals surface area contributed by atoms with Crippen molar-refractivity contribution in [1.82, 2.24) is 4.90 Å². The molecule has 4 rings (SSSR count). The molecule has 35 heavy (non-hydrogen) atoms. The first-order valence-corrected chi connectivity index (χ1v) is 11.6. The van der Waals surface area contributed by atoms with Gasteiger partial charge in [-0.1, -0.05) is 44.2 Å². The zero-order valence-corrected chi connectivity index (χ0v) is 20.5. The number of benzene rings is 3. The zero-order valence-electron chi connectivity index (χ0n) is 19.7. The second-order valence-electron chi connectivity index (χ2n) is 8.65. The maximum atomic E-state index is 13.8. The number of halogens is 1. The van der Waals surface area contributed by atoms with Crippen LogP contribution in [0.2, 0.25) is 0 Å². The summed E-state index contributed by atoms with van der Waals surface area (Å²) < 4.78 is 18.7. The van der Waals surface area contributed by atoms with E-state index in [1.807, 2.05) is 50.2 Å². The second kappa shape index (κ2) is 10.2. The van der Waals surface area contributed by atoms with Gasteiger partial charge in [0.15, 0.2) is 5.11 Å². The number of carbonyl (C=O) groups is 2. The largest absolute Gasteiger partial charge is 0.467 e. The molecular formula is C27H26FN3O3S. The van der Waals surface area contributed by atoms with Gasteiger partial charge in [-0.15, -0.1) is 0 Å². The number of amides is 1. The molecule has 8 heteroatoms. The van der Waals surface area contributed by atoms with Crippen LogP contribution in [0.15, 0.2) is 66.7 Å². The highest BCUT2D eigenvalue weighted by atomic mass is 32.1. The molecule has 6 nitrogen and oxygen atoms in total. The van der Waals surface area contributed by atoms with Crippen LogP contribution >= 0.6 is 12.2 Å². The summed E-state index contributed by atoms with van der Waals surface area (Å²) in [6.45, 7) is 4.16. The van der Waals surface area contributed by atoms with Crippen LogP contribution in [0, 0.1) is 11.7 Å². The summed E-state index contributed by atoms with van der Waals surface area (Å²) in [6.07, 6.45) is 0. The summed E-state index contributed by atoms with van der Waals surface area (Å²) in [7, 11) is 1.34.